The van der Waals surface area contributed by atoms with Gasteiger partial charge in [-0.25, -0.2) is 9.18 Å². The SMILES string of the molecule is Cc1ccc(C(=O)Nc2nc(=O)n(C)cc2F)cc1. The summed E-state index contributed by atoms with van der Waals surface area (Å²) in [6.07, 6.45) is 0.972. The van der Waals surface area contributed by atoms with Crippen molar-refractivity contribution in [2.75, 3.05) is 5.32 Å². The van der Waals surface area contributed by atoms with Gasteiger partial charge in [-0.2, -0.15) is 4.98 Å². The molecule has 0 saturated heterocycles. The summed E-state index contributed by atoms with van der Waals surface area (Å²) in [7, 11) is 1.38. The van der Waals surface area contributed by atoms with Crippen molar-refractivity contribution in [2.24, 2.45) is 7.05 Å². The Morgan fingerprint density at radius 2 is 1.95 bits per heavy atom. The quantitative estimate of drug-likeness (QED) is 0.890. The van der Waals surface area contributed by atoms with Gasteiger partial charge in [-0.3, -0.25) is 9.36 Å². The average molecular weight is 261 g/mol. The van der Waals surface area contributed by atoms with Gasteiger partial charge >= 0.3 is 5.69 Å². The molecule has 0 saturated carbocycles. The van der Waals surface area contributed by atoms with Crippen LogP contribution < -0.4 is 11.0 Å². The Morgan fingerprint density at radius 1 is 1.32 bits per heavy atom. The van der Waals surface area contributed by atoms with Gasteiger partial charge in [-0.15, -0.1) is 0 Å². The first-order chi connectivity index (χ1) is 8.97. The fourth-order valence-corrected chi connectivity index (χ4v) is 1.49. The highest BCUT2D eigenvalue weighted by Crippen LogP contribution is 2.10. The second kappa shape index (κ2) is 5.01. The number of anilines is 1. The highest BCUT2D eigenvalue weighted by Gasteiger charge is 2.12. The first-order valence-electron chi connectivity index (χ1n) is 5.58. The molecule has 2 rings (SSSR count). The summed E-state index contributed by atoms with van der Waals surface area (Å²) in [5.41, 5.74) is 0.738. The van der Waals surface area contributed by atoms with Gasteiger partial charge in [0.1, 0.15) is 0 Å². The van der Waals surface area contributed by atoms with Crippen molar-refractivity contribution in [1.82, 2.24) is 9.55 Å². The summed E-state index contributed by atoms with van der Waals surface area (Å²) >= 11 is 0. The van der Waals surface area contributed by atoms with E-state index in [1.165, 1.54) is 7.05 Å². The molecule has 1 heterocycles. The first-order valence-corrected chi connectivity index (χ1v) is 5.58. The maximum Gasteiger partial charge on any atom is 0.349 e. The summed E-state index contributed by atoms with van der Waals surface area (Å²) < 4.78 is 14.5. The summed E-state index contributed by atoms with van der Waals surface area (Å²) in [6, 6.07) is 6.76. The van der Waals surface area contributed by atoms with Gasteiger partial charge in [0, 0.05) is 18.8 Å². The Morgan fingerprint density at radius 3 is 2.58 bits per heavy atom. The van der Waals surface area contributed by atoms with Crippen LogP contribution in [0.25, 0.3) is 0 Å². The molecule has 0 aliphatic heterocycles. The van der Waals surface area contributed by atoms with Gasteiger partial charge in [0.2, 0.25) is 0 Å². The maximum absolute atomic E-state index is 13.5. The molecule has 1 aromatic carbocycles. The largest absolute Gasteiger partial charge is 0.349 e. The van der Waals surface area contributed by atoms with Crippen LogP contribution in [0, 0.1) is 12.7 Å². The van der Waals surface area contributed by atoms with E-state index in [4.69, 9.17) is 0 Å². The molecule has 6 heteroatoms. The Kier molecular flexibility index (Phi) is 3.41. The van der Waals surface area contributed by atoms with E-state index in [1.807, 2.05) is 6.92 Å². The van der Waals surface area contributed by atoms with E-state index in [1.54, 1.807) is 24.3 Å². The number of aromatic nitrogens is 2. The average Bonchev–Trinajstić information content (AvgIpc) is 2.36. The molecule has 1 N–H and O–H groups in total. The fraction of sp³-hybridized carbons (Fsp3) is 0.154. The zero-order valence-corrected chi connectivity index (χ0v) is 10.5. The van der Waals surface area contributed by atoms with Crippen molar-refractivity contribution >= 4 is 11.7 Å². The fourth-order valence-electron chi connectivity index (χ4n) is 1.49. The zero-order valence-electron chi connectivity index (χ0n) is 10.5. The molecule has 0 atom stereocenters. The van der Waals surface area contributed by atoms with Crippen molar-refractivity contribution in [3.63, 3.8) is 0 Å². The van der Waals surface area contributed by atoms with E-state index in [9.17, 15) is 14.0 Å². The number of amides is 1. The van der Waals surface area contributed by atoms with Gasteiger partial charge in [-0.05, 0) is 19.1 Å². The summed E-state index contributed by atoms with van der Waals surface area (Å²) in [6.45, 7) is 1.89. The van der Waals surface area contributed by atoms with E-state index < -0.39 is 17.4 Å². The molecule has 1 amide bonds. The van der Waals surface area contributed by atoms with Crippen LogP contribution in [-0.4, -0.2) is 15.5 Å². The molecule has 19 heavy (non-hydrogen) atoms. The number of halogens is 1. The van der Waals surface area contributed by atoms with Crippen molar-refractivity contribution in [3.05, 3.63) is 57.9 Å². The first kappa shape index (κ1) is 12.9. The van der Waals surface area contributed by atoms with Gasteiger partial charge < -0.3 is 5.32 Å². The van der Waals surface area contributed by atoms with Crippen LogP contribution in [0.5, 0.6) is 0 Å². The molecule has 1 aromatic heterocycles. The van der Waals surface area contributed by atoms with Gasteiger partial charge in [-0.1, -0.05) is 17.7 Å². The third-order valence-corrected chi connectivity index (χ3v) is 2.59. The molecule has 0 spiro atoms. The van der Waals surface area contributed by atoms with Crippen LogP contribution in [0.4, 0.5) is 10.2 Å². The third-order valence-electron chi connectivity index (χ3n) is 2.59. The van der Waals surface area contributed by atoms with Crippen LogP contribution in [0.15, 0.2) is 35.3 Å². The number of nitrogens with one attached hydrogen (secondary N) is 1. The van der Waals surface area contributed by atoms with Crippen LogP contribution in [0.1, 0.15) is 15.9 Å². The lowest BCUT2D eigenvalue weighted by Gasteiger charge is -2.06. The lowest BCUT2D eigenvalue weighted by atomic mass is 10.1. The number of carbonyl (C=O) groups excluding carboxylic acids is 1. The Labute approximate surface area is 108 Å². The van der Waals surface area contributed by atoms with Crippen molar-refractivity contribution in [3.8, 4) is 0 Å². The summed E-state index contributed by atoms with van der Waals surface area (Å²) in [5, 5.41) is 2.28. The normalized spacial score (nSPS) is 10.3. The van der Waals surface area contributed by atoms with E-state index in [0.29, 0.717) is 5.56 Å². The predicted molar refractivity (Wildman–Crippen MR) is 68.6 cm³/mol. The number of nitrogens with zero attached hydrogens (tertiary/aromatic N) is 2. The summed E-state index contributed by atoms with van der Waals surface area (Å²) in [5.74, 6) is -1.64. The van der Waals surface area contributed by atoms with Gasteiger partial charge in [0.25, 0.3) is 5.91 Å². The molecule has 2 aromatic rings. The van der Waals surface area contributed by atoms with Crippen LogP contribution in [0.3, 0.4) is 0 Å². The number of rotatable bonds is 2. The molecular formula is C13H12FN3O2. The number of aryl methyl sites for hydroxylation is 2. The lowest BCUT2D eigenvalue weighted by Crippen LogP contribution is -2.24. The molecule has 98 valence electrons. The molecule has 0 aliphatic rings. The standard InChI is InChI=1S/C13H12FN3O2/c1-8-3-5-9(6-4-8)12(18)15-11-10(14)7-17(2)13(19)16-11/h3-7H,1-2H3,(H,15,16,18,19). The Hall–Kier alpha value is -2.50. The minimum absolute atomic E-state index is 0.367. The minimum atomic E-state index is -0.762. The molecule has 0 radical (unpaired) electrons. The topological polar surface area (TPSA) is 64.0 Å². The van der Waals surface area contributed by atoms with Crippen molar-refractivity contribution in [1.29, 1.82) is 0 Å². The van der Waals surface area contributed by atoms with E-state index in [2.05, 4.69) is 10.3 Å². The molecule has 0 aliphatic carbocycles. The Bertz CT molecular complexity index is 677. The number of benzene rings is 1. The molecule has 0 unspecified atom stereocenters. The van der Waals surface area contributed by atoms with Crippen molar-refractivity contribution < 1.29 is 9.18 Å². The second-order valence-electron chi connectivity index (χ2n) is 4.15. The van der Waals surface area contributed by atoms with E-state index >= 15 is 0 Å². The smallest absolute Gasteiger partial charge is 0.304 e. The third kappa shape index (κ3) is 2.85. The number of hydrogen-bond donors (Lipinski definition) is 1. The van der Waals surface area contributed by atoms with Crippen LogP contribution in [-0.2, 0) is 7.05 Å². The highest BCUT2D eigenvalue weighted by atomic mass is 19.1. The van der Waals surface area contributed by atoms with E-state index in [-0.39, 0.29) is 5.82 Å². The van der Waals surface area contributed by atoms with E-state index in [0.717, 1.165) is 16.3 Å². The lowest BCUT2D eigenvalue weighted by molar-refractivity contribution is 0.102. The summed E-state index contributed by atoms with van der Waals surface area (Å²) in [4.78, 5) is 26.6. The van der Waals surface area contributed by atoms with Gasteiger partial charge in [0.05, 0.1) is 0 Å². The Balaban J connectivity index is 2.26. The van der Waals surface area contributed by atoms with Gasteiger partial charge in [0.15, 0.2) is 11.6 Å². The van der Waals surface area contributed by atoms with Crippen molar-refractivity contribution in [2.45, 2.75) is 6.92 Å². The monoisotopic (exact) mass is 261 g/mol. The van der Waals surface area contributed by atoms with Crippen LogP contribution in [0.2, 0.25) is 0 Å². The van der Waals surface area contributed by atoms with Crippen LogP contribution >= 0.6 is 0 Å². The molecular weight excluding hydrogens is 249 g/mol. The number of hydrogen-bond acceptors (Lipinski definition) is 3. The molecule has 0 fully saturated rings. The predicted octanol–water partition coefficient (Wildman–Crippen LogP) is 1.48. The molecule has 0 bridgehead atoms. The second-order valence-corrected chi connectivity index (χ2v) is 4.15. The zero-order chi connectivity index (χ0) is 14.0. The molecule has 5 nitrogen and oxygen atoms in total. The highest BCUT2D eigenvalue weighted by molar-refractivity contribution is 6.03. The minimum Gasteiger partial charge on any atom is -0.304 e. The maximum atomic E-state index is 13.5. The number of carbonyl (C=O) groups is 1.